The van der Waals surface area contributed by atoms with Gasteiger partial charge in [0.15, 0.2) is 0 Å². The predicted octanol–water partition coefficient (Wildman–Crippen LogP) is -0.140. The van der Waals surface area contributed by atoms with E-state index >= 15 is 0 Å². The molecule has 1 aliphatic rings. The fourth-order valence-corrected chi connectivity index (χ4v) is 0.698. The lowest BCUT2D eigenvalue weighted by atomic mass is 10.4. The van der Waals surface area contributed by atoms with E-state index in [2.05, 4.69) is 10.1 Å². The van der Waals surface area contributed by atoms with Gasteiger partial charge in [0, 0.05) is 0 Å². The zero-order valence-corrected chi connectivity index (χ0v) is 5.14. The summed E-state index contributed by atoms with van der Waals surface area (Å²) in [7, 11) is 0. The lowest BCUT2D eigenvalue weighted by Crippen LogP contribution is -2.29. The highest BCUT2D eigenvalue weighted by atomic mass is 35.5. The Bertz CT molecular complexity index is 158. The number of ether oxygens (including phenoxy) is 1. The summed E-state index contributed by atoms with van der Waals surface area (Å²) in [4.78, 5) is 20.6. The number of amides is 1. The summed E-state index contributed by atoms with van der Waals surface area (Å²) >= 11 is 5.25. The maximum absolute atomic E-state index is 10.4. The fraction of sp³-hybridized carbons (Fsp3) is 0.500. The van der Waals surface area contributed by atoms with Crippen LogP contribution in [0.25, 0.3) is 0 Å². The van der Waals surface area contributed by atoms with Crippen molar-refractivity contribution in [2.24, 2.45) is 0 Å². The summed E-state index contributed by atoms with van der Waals surface area (Å²) in [6.07, 6.45) is -0.717. The first kappa shape index (κ1) is 6.35. The van der Waals surface area contributed by atoms with Gasteiger partial charge >= 0.3 is 12.1 Å². The smallest absolute Gasteiger partial charge is 0.375 e. The van der Waals surface area contributed by atoms with E-state index in [1.807, 2.05) is 0 Å². The molecule has 4 nitrogen and oxygen atoms in total. The molecule has 1 saturated heterocycles. The normalized spacial score (nSPS) is 25.7. The zero-order chi connectivity index (χ0) is 6.85. The Kier molecular flexibility index (Phi) is 1.57. The van der Waals surface area contributed by atoms with Crippen LogP contribution in [0.15, 0.2) is 0 Å². The number of hydrogen-bond acceptors (Lipinski definition) is 3. The van der Waals surface area contributed by atoms with Crippen LogP contribution < -0.4 is 5.32 Å². The van der Waals surface area contributed by atoms with E-state index in [4.69, 9.17) is 11.6 Å². The molecule has 1 heterocycles. The molecule has 0 bridgehead atoms. The summed E-state index contributed by atoms with van der Waals surface area (Å²) < 4.78 is 4.09. The molecular formula is C4H4ClNO3. The molecule has 0 aromatic heterocycles. The minimum absolute atomic E-state index is 0.0601. The van der Waals surface area contributed by atoms with Gasteiger partial charge in [0.2, 0.25) is 0 Å². The fourth-order valence-electron chi connectivity index (χ4n) is 0.495. The van der Waals surface area contributed by atoms with E-state index in [0.717, 1.165) is 0 Å². The summed E-state index contributed by atoms with van der Waals surface area (Å²) in [5.74, 6) is -0.542. The molecule has 0 aliphatic carbocycles. The van der Waals surface area contributed by atoms with Crippen LogP contribution in [0.5, 0.6) is 0 Å². The Labute approximate surface area is 56.1 Å². The number of nitrogens with one attached hydrogen (secondary N) is 1. The molecule has 1 rings (SSSR count). The van der Waals surface area contributed by atoms with Crippen molar-refractivity contribution in [2.75, 3.05) is 5.88 Å². The lowest BCUT2D eigenvalue weighted by molar-refractivity contribution is -0.134. The summed E-state index contributed by atoms with van der Waals surface area (Å²) in [6.45, 7) is 0. The van der Waals surface area contributed by atoms with Crippen LogP contribution in [0.3, 0.4) is 0 Å². The number of rotatable bonds is 1. The van der Waals surface area contributed by atoms with Crippen molar-refractivity contribution >= 4 is 23.7 Å². The van der Waals surface area contributed by atoms with Gasteiger partial charge in [-0.25, -0.2) is 9.59 Å². The summed E-state index contributed by atoms with van der Waals surface area (Å²) in [5, 5.41) is 2.21. The summed E-state index contributed by atoms with van der Waals surface area (Å²) in [6, 6.07) is -0.654. The molecule has 9 heavy (non-hydrogen) atoms. The molecule has 1 aliphatic heterocycles. The number of alkyl carbamates (subject to hydrolysis) is 1. The number of hydrogen-bond donors (Lipinski definition) is 1. The van der Waals surface area contributed by atoms with Gasteiger partial charge < -0.3 is 10.1 Å². The highest BCUT2D eigenvalue weighted by molar-refractivity contribution is 6.20. The second kappa shape index (κ2) is 2.23. The molecule has 1 amide bonds. The lowest BCUT2D eigenvalue weighted by Gasteiger charge is -1.94. The monoisotopic (exact) mass is 149 g/mol. The van der Waals surface area contributed by atoms with Crippen LogP contribution in [-0.2, 0) is 9.53 Å². The van der Waals surface area contributed by atoms with Crippen molar-refractivity contribution in [1.82, 2.24) is 5.32 Å². The molecule has 5 heteroatoms. The maximum atomic E-state index is 10.4. The third-order valence-corrected chi connectivity index (χ3v) is 1.23. The van der Waals surface area contributed by atoms with Crippen LogP contribution in [0, 0.1) is 0 Å². The first-order valence-corrected chi connectivity index (χ1v) is 2.85. The van der Waals surface area contributed by atoms with Crippen LogP contribution in [0.4, 0.5) is 4.79 Å². The van der Waals surface area contributed by atoms with Gasteiger partial charge in [-0.05, 0) is 0 Å². The van der Waals surface area contributed by atoms with Crippen molar-refractivity contribution in [3.63, 3.8) is 0 Å². The van der Waals surface area contributed by atoms with Crippen molar-refractivity contribution in [3.05, 3.63) is 0 Å². The number of carbonyl (C=O) groups excluding carboxylic acids is 2. The Balaban J connectivity index is 2.58. The minimum Gasteiger partial charge on any atom is -0.375 e. The average molecular weight is 150 g/mol. The first-order chi connectivity index (χ1) is 4.24. The standard InChI is InChI=1S/C4H4ClNO3/c5-1-2-3(7)9-4(8)6-2/h2H,1H2,(H,6,8)/t2-/m0/s1. The number of cyclic esters (lactones) is 2. The molecule has 1 N–H and O–H groups in total. The van der Waals surface area contributed by atoms with Crippen LogP contribution in [-0.4, -0.2) is 24.0 Å². The maximum Gasteiger partial charge on any atom is 0.415 e. The van der Waals surface area contributed by atoms with E-state index in [0.29, 0.717) is 0 Å². The molecule has 0 saturated carbocycles. The zero-order valence-electron chi connectivity index (χ0n) is 4.39. The highest BCUT2D eigenvalue weighted by Gasteiger charge is 2.31. The van der Waals surface area contributed by atoms with Crippen molar-refractivity contribution in [1.29, 1.82) is 0 Å². The molecular weight excluding hydrogens is 146 g/mol. The van der Waals surface area contributed by atoms with E-state index in [1.165, 1.54) is 0 Å². The predicted molar refractivity (Wildman–Crippen MR) is 29.1 cm³/mol. The van der Waals surface area contributed by atoms with Crippen molar-refractivity contribution in [3.8, 4) is 0 Å². The Morgan fingerprint density at radius 1 is 1.67 bits per heavy atom. The van der Waals surface area contributed by atoms with Crippen LogP contribution in [0.2, 0.25) is 0 Å². The number of alkyl halides is 1. The van der Waals surface area contributed by atoms with Crippen LogP contribution in [0.1, 0.15) is 0 Å². The third kappa shape index (κ3) is 1.13. The topological polar surface area (TPSA) is 55.4 Å². The minimum atomic E-state index is -0.717. The number of halogens is 1. The Morgan fingerprint density at radius 2 is 2.33 bits per heavy atom. The first-order valence-electron chi connectivity index (χ1n) is 2.32. The number of carbonyl (C=O) groups is 2. The highest BCUT2D eigenvalue weighted by Crippen LogP contribution is 2.00. The summed E-state index contributed by atoms with van der Waals surface area (Å²) in [5.41, 5.74) is 0. The molecule has 50 valence electrons. The van der Waals surface area contributed by atoms with Gasteiger partial charge in [-0.1, -0.05) is 0 Å². The van der Waals surface area contributed by atoms with E-state index in [9.17, 15) is 9.59 Å². The van der Waals surface area contributed by atoms with E-state index < -0.39 is 18.1 Å². The molecule has 0 spiro atoms. The van der Waals surface area contributed by atoms with E-state index in [1.54, 1.807) is 0 Å². The second-order valence-corrected chi connectivity index (χ2v) is 1.87. The molecule has 1 fully saturated rings. The Hall–Kier alpha value is -0.770. The Morgan fingerprint density at radius 3 is 2.56 bits per heavy atom. The van der Waals surface area contributed by atoms with E-state index in [-0.39, 0.29) is 5.88 Å². The third-order valence-electron chi connectivity index (χ3n) is 0.924. The quantitative estimate of drug-likeness (QED) is 0.321. The molecule has 0 radical (unpaired) electrons. The largest absolute Gasteiger partial charge is 0.415 e. The van der Waals surface area contributed by atoms with Gasteiger partial charge in [-0.15, -0.1) is 11.6 Å². The van der Waals surface area contributed by atoms with Crippen LogP contribution >= 0.6 is 11.6 Å². The molecule has 0 aromatic rings. The molecule has 0 aromatic carbocycles. The second-order valence-electron chi connectivity index (χ2n) is 1.56. The average Bonchev–Trinajstić information content (AvgIpc) is 2.10. The SMILES string of the molecule is O=C1N[C@@H](CCl)C(=O)O1. The van der Waals surface area contributed by atoms with Gasteiger partial charge in [0.05, 0.1) is 5.88 Å². The molecule has 0 unspecified atom stereocenters. The number of esters is 1. The molecule has 1 atom stereocenters. The van der Waals surface area contributed by atoms with Gasteiger partial charge in [0.1, 0.15) is 6.04 Å². The van der Waals surface area contributed by atoms with Crippen molar-refractivity contribution in [2.45, 2.75) is 6.04 Å². The van der Waals surface area contributed by atoms with Crippen molar-refractivity contribution < 1.29 is 14.3 Å². The van der Waals surface area contributed by atoms with Gasteiger partial charge in [-0.3, -0.25) is 0 Å². The van der Waals surface area contributed by atoms with Gasteiger partial charge in [-0.2, -0.15) is 0 Å². The van der Waals surface area contributed by atoms with Gasteiger partial charge in [0.25, 0.3) is 0 Å².